The quantitative estimate of drug-likeness (QED) is 0.769. The van der Waals surface area contributed by atoms with E-state index in [4.69, 9.17) is 14.6 Å². The Balaban J connectivity index is 2.19. The lowest BCUT2D eigenvalue weighted by atomic mass is 10.1. The molecule has 0 radical (unpaired) electrons. The van der Waals surface area contributed by atoms with Gasteiger partial charge in [0, 0.05) is 7.11 Å². The van der Waals surface area contributed by atoms with Gasteiger partial charge in [-0.25, -0.2) is 4.79 Å². The second kappa shape index (κ2) is 8.84. The van der Waals surface area contributed by atoms with E-state index in [-0.39, 0.29) is 24.0 Å². The number of ether oxygens (including phenoxy) is 2. The summed E-state index contributed by atoms with van der Waals surface area (Å²) in [5.41, 5.74) is 1.36. The average Bonchev–Trinajstić information content (AvgIpc) is 2.61. The predicted molar refractivity (Wildman–Crippen MR) is 93.8 cm³/mol. The number of carboxylic acid groups (broad SMARTS) is 1. The highest BCUT2D eigenvalue weighted by Crippen LogP contribution is 2.27. The van der Waals surface area contributed by atoms with Gasteiger partial charge in [0.1, 0.15) is 12.4 Å². The van der Waals surface area contributed by atoms with Crippen LogP contribution in [-0.2, 0) is 16.1 Å². The number of carbonyl (C=O) groups excluding carboxylic acids is 1. The molecule has 0 fully saturated rings. The number of carbonyl (C=O) groups is 2. The zero-order valence-electron chi connectivity index (χ0n) is 14.2. The first kappa shape index (κ1) is 18.5. The van der Waals surface area contributed by atoms with E-state index in [9.17, 15) is 9.59 Å². The fourth-order valence-corrected chi connectivity index (χ4v) is 2.20. The lowest BCUT2D eigenvalue weighted by molar-refractivity contribution is -0.120. The van der Waals surface area contributed by atoms with Crippen LogP contribution in [0.2, 0.25) is 0 Å². The highest BCUT2D eigenvalue weighted by atomic mass is 16.5. The van der Waals surface area contributed by atoms with E-state index >= 15 is 0 Å². The van der Waals surface area contributed by atoms with E-state index in [1.54, 1.807) is 13.0 Å². The lowest BCUT2D eigenvalue weighted by Gasteiger charge is -2.16. The molecule has 0 aliphatic heterocycles. The van der Waals surface area contributed by atoms with Crippen molar-refractivity contribution in [2.24, 2.45) is 5.92 Å². The van der Waals surface area contributed by atoms with Gasteiger partial charge in [0.25, 0.3) is 0 Å². The van der Waals surface area contributed by atoms with Crippen molar-refractivity contribution in [3.05, 3.63) is 59.7 Å². The summed E-state index contributed by atoms with van der Waals surface area (Å²) < 4.78 is 10.7. The highest BCUT2D eigenvalue weighted by Gasteiger charge is 2.17. The van der Waals surface area contributed by atoms with Gasteiger partial charge in [0.15, 0.2) is 0 Å². The third kappa shape index (κ3) is 5.32. The van der Waals surface area contributed by atoms with Gasteiger partial charge < -0.3 is 19.9 Å². The summed E-state index contributed by atoms with van der Waals surface area (Å²) in [6.45, 7) is 2.30. The number of hydrogen-bond donors (Lipinski definition) is 2. The number of benzene rings is 2. The standard InChI is InChI=1S/C19H21NO5/c1-13(11-24-2)18(21)20-16-10-15(19(22)23)8-9-17(16)25-12-14-6-4-3-5-7-14/h3-10,13H,11-12H2,1-2H3,(H,20,21)(H,22,23). The summed E-state index contributed by atoms with van der Waals surface area (Å²) >= 11 is 0. The third-order valence-electron chi connectivity index (χ3n) is 3.59. The van der Waals surface area contributed by atoms with Crippen molar-refractivity contribution in [3.63, 3.8) is 0 Å². The molecule has 1 unspecified atom stereocenters. The van der Waals surface area contributed by atoms with Crippen LogP contribution >= 0.6 is 0 Å². The maximum absolute atomic E-state index is 12.2. The van der Waals surface area contributed by atoms with Gasteiger partial charge in [-0.05, 0) is 23.8 Å². The van der Waals surface area contributed by atoms with Crippen LogP contribution in [0.15, 0.2) is 48.5 Å². The molecule has 0 saturated carbocycles. The number of rotatable bonds is 8. The monoisotopic (exact) mass is 343 g/mol. The SMILES string of the molecule is COCC(C)C(=O)Nc1cc(C(=O)O)ccc1OCc1ccccc1. The van der Waals surface area contributed by atoms with Crippen molar-refractivity contribution in [3.8, 4) is 5.75 Å². The molecule has 0 saturated heterocycles. The van der Waals surface area contributed by atoms with Crippen LogP contribution in [0.25, 0.3) is 0 Å². The minimum Gasteiger partial charge on any atom is -0.487 e. The molecule has 1 atom stereocenters. The van der Waals surface area contributed by atoms with Crippen LogP contribution in [0.1, 0.15) is 22.8 Å². The van der Waals surface area contributed by atoms with Crippen molar-refractivity contribution < 1.29 is 24.2 Å². The number of hydrogen-bond acceptors (Lipinski definition) is 4. The highest BCUT2D eigenvalue weighted by molar-refractivity contribution is 5.96. The zero-order valence-corrected chi connectivity index (χ0v) is 14.2. The van der Waals surface area contributed by atoms with Gasteiger partial charge in [-0.15, -0.1) is 0 Å². The van der Waals surface area contributed by atoms with Gasteiger partial charge in [-0.1, -0.05) is 37.3 Å². The molecule has 2 aromatic carbocycles. The number of amides is 1. The van der Waals surface area contributed by atoms with Gasteiger partial charge in [-0.2, -0.15) is 0 Å². The molecular weight excluding hydrogens is 322 g/mol. The molecule has 0 aliphatic carbocycles. The summed E-state index contributed by atoms with van der Waals surface area (Å²) in [4.78, 5) is 23.4. The van der Waals surface area contributed by atoms with E-state index in [1.165, 1.54) is 19.2 Å². The molecule has 0 aliphatic rings. The minimum atomic E-state index is -1.07. The Morgan fingerprint density at radius 3 is 2.52 bits per heavy atom. The van der Waals surface area contributed by atoms with E-state index in [2.05, 4.69) is 5.32 Å². The fraction of sp³-hybridized carbons (Fsp3) is 0.263. The maximum atomic E-state index is 12.2. The summed E-state index contributed by atoms with van der Waals surface area (Å²) in [7, 11) is 1.52. The maximum Gasteiger partial charge on any atom is 0.335 e. The van der Waals surface area contributed by atoms with E-state index in [0.29, 0.717) is 18.0 Å². The van der Waals surface area contributed by atoms with Crippen LogP contribution in [0.5, 0.6) is 5.75 Å². The molecule has 2 rings (SSSR count). The van der Waals surface area contributed by atoms with Crippen molar-refractivity contribution >= 4 is 17.6 Å². The summed E-state index contributed by atoms with van der Waals surface area (Å²) in [6, 6.07) is 13.9. The van der Waals surface area contributed by atoms with E-state index < -0.39 is 5.97 Å². The van der Waals surface area contributed by atoms with Gasteiger partial charge in [0.05, 0.1) is 23.8 Å². The third-order valence-corrected chi connectivity index (χ3v) is 3.59. The molecule has 0 bridgehead atoms. The average molecular weight is 343 g/mol. The van der Waals surface area contributed by atoms with Crippen molar-refractivity contribution in [2.45, 2.75) is 13.5 Å². The molecule has 2 aromatic rings. The number of methoxy groups -OCH3 is 1. The molecule has 2 N–H and O–H groups in total. The Hall–Kier alpha value is -2.86. The summed E-state index contributed by atoms with van der Waals surface area (Å²) in [5.74, 6) is -1.31. The molecule has 6 heteroatoms. The Kier molecular flexibility index (Phi) is 6.54. The minimum absolute atomic E-state index is 0.0711. The van der Waals surface area contributed by atoms with Gasteiger partial charge in [-0.3, -0.25) is 4.79 Å². The number of aromatic carboxylic acids is 1. The molecule has 1 amide bonds. The Morgan fingerprint density at radius 1 is 1.16 bits per heavy atom. The first-order valence-corrected chi connectivity index (χ1v) is 7.85. The normalized spacial score (nSPS) is 11.6. The van der Waals surface area contributed by atoms with E-state index in [0.717, 1.165) is 5.56 Å². The van der Waals surface area contributed by atoms with Crippen LogP contribution in [0.3, 0.4) is 0 Å². The van der Waals surface area contributed by atoms with Crippen molar-refractivity contribution in [2.75, 3.05) is 19.0 Å². The Labute approximate surface area is 146 Å². The van der Waals surface area contributed by atoms with Crippen LogP contribution in [0, 0.1) is 5.92 Å². The lowest BCUT2D eigenvalue weighted by Crippen LogP contribution is -2.24. The zero-order chi connectivity index (χ0) is 18.2. The first-order chi connectivity index (χ1) is 12.0. The smallest absolute Gasteiger partial charge is 0.335 e. The largest absolute Gasteiger partial charge is 0.487 e. The molecule has 6 nitrogen and oxygen atoms in total. The van der Waals surface area contributed by atoms with Gasteiger partial charge >= 0.3 is 5.97 Å². The second-order valence-corrected chi connectivity index (χ2v) is 5.64. The molecule has 0 aromatic heterocycles. The van der Waals surface area contributed by atoms with Crippen LogP contribution < -0.4 is 10.1 Å². The molecule has 0 spiro atoms. The van der Waals surface area contributed by atoms with E-state index in [1.807, 2.05) is 30.3 Å². The second-order valence-electron chi connectivity index (χ2n) is 5.64. The topological polar surface area (TPSA) is 84.9 Å². The summed E-state index contributed by atoms with van der Waals surface area (Å²) in [5, 5.41) is 11.9. The van der Waals surface area contributed by atoms with Crippen molar-refractivity contribution in [1.82, 2.24) is 0 Å². The number of carboxylic acids is 1. The van der Waals surface area contributed by atoms with Crippen LogP contribution in [0.4, 0.5) is 5.69 Å². The Bertz CT molecular complexity index is 730. The number of nitrogens with one attached hydrogen (secondary N) is 1. The predicted octanol–water partition coefficient (Wildman–Crippen LogP) is 3.18. The molecule has 25 heavy (non-hydrogen) atoms. The summed E-state index contributed by atoms with van der Waals surface area (Å²) in [6.07, 6.45) is 0. The van der Waals surface area contributed by atoms with Gasteiger partial charge in [0.2, 0.25) is 5.91 Å². The van der Waals surface area contributed by atoms with Crippen molar-refractivity contribution in [1.29, 1.82) is 0 Å². The molecule has 132 valence electrons. The molecule has 0 heterocycles. The fourth-order valence-electron chi connectivity index (χ4n) is 2.20. The Morgan fingerprint density at radius 2 is 1.88 bits per heavy atom. The molecular formula is C19H21NO5. The van der Waals surface area contributed by atoms with Crippen LogP contribution in [-0.4, -0.2) is 30.7 Å². The number of anilines is 1. The first-order valence-electron chi connectivity index (χ1n) is 7.85.